The van der Waals surface area contributed by atoms with Gasteiger partial charge in [-0.2, -0.15) is 0 Å². The number of H-pyrrole nitrogens is 1. The predicted molar refractivity (Wildman–Crippen MR) is 130 cm³/mol. The molecule has 1 saturated heterocycles. The van der Waals surface area contributed by atoms with Crippen molar-refractivity contribution in [1.82, 2.24) is 24.8 Å². The summed E-state index contributed by atoms with van der Waals surface area (Å²) < 4.78 is 6.22. The van der Waals surface area contributed by atoms with E-state index in [1.807, 2.05) is 41.6 Å². The molecule has 1 N–H and O–H groups in total. The number of nitrogens with one attached hydrogen (secondary N) is 1. The number of thiophene rings is 1. The van der Waals surface area contributed by atoms with Crippen molar-refractivity contribution in [3.8, 4) is 10.4 Å². The summed E-state index contributed by atoms with van der Waals surface area (Å²) in [5.74, 6) is 0.0879. The lowest BCUT2D eigenvalue weighted by molar-refractivity contribution is -0.143. The molecule has 0 saturated carbocycles. The number of hydrogen-bond donors (Lipinski definition) is 1. The van der Waals surface area contributed by atoms with Gasteiger partial charge in [-0.1, -0.05) is 17.7 Å². The van der Waals surface area contributed by atoms with E-state index in [0.29, 0.717) is 26.2 Å². The molecule has 1 unspecified atom stereocenters. The Labute approximate surface area is 201 Å². The molecule has 1 atom stereocenters. The van der Waals surface area contributed by atoms with Crippen LogP contribution < -0.4 is 0 Å². The van der Waals surface area contributed by atoms with Gasteiger partial charge in [0.05, 0.1) is 35.8 Å². The second-order valence-electron chi connectivity index (χ2n) is 8.20. The van der Waals surface area contributed by atoms with Crippen LogP contribution in [0.5, 0.6) is 0 Å². The first-order valence-electron chi connectivity index (χ1n) is 10.7. The molecule has 1 aliphatic heterocycles. The molecule has 4 aromatic heterocycles. The fourth-order valence-electron chi connectivity index (χ4n) is 4.28. The molecule has 1 fully saturated rings. The van der Waals surface area contributed by atoms with Crippen LogP contribution >= 0.6 is 22.9 Å². The highest BCUT2D eigenvalue weighted by molar-refractivity contribution is 7.19. The zero-order chi connectivity index (χ0) is 22.8. The Morgan fingerprint density at radius 2 is 2.12 bits per heavy atom. The quantitative estimate of drug-likeness (QED) is 0.428. The maximum atomic E-state index is 13.1. The van der Waals surface area contributed by atoms with Crippen LogP contribution in [-0.4, -0.2) is 63.5 Å². The second kappa shape index (κ2) is 9.61. The molecule has 1 aliphatic rings. The fraction of sp³-hybridized carbons (Fsp3) is 0.292. The van der Waals surface area contributed by atoms with E-state index in [1.54, 1.807) is 13.3 Å². The molecule has 7 nitrogen and oxygen atoms in total. The van der Waals surface area contributed by atoms with E-state index in [9.17, 15) is 4.79 Å². The first-order valence-corrected chi connectivity index (χ1v) is 11.9. The summed E-state index contributed by atoms with van der Waals surface area (Å²) in [6.45, 7) is 2.70. The molecule has 5 rings (SSSR count). The number of nitrogens with zero attached hydrogens (tertiary/aromatic N) is 4. The average molecular weight is 482 g/mol. The van der Waals surface area contributed by atoms with Crippen molar-refractivity contribution in [2.24, 2.45) is 0 Å². The molecule has 0 bridgehead atoms. The lowest BCUT2D eigenvalue weighted by atomic mass is 10.1. The Balaban J connectivity index is 1.27. The first kappa shape index (κ1) is 22.0. The van der Waals surface area contributed by atoms with E-state index in [1.165, 1.54) is 11.3 Å². The number of hydrogen-bond acceptors (Lipinski definition) is 6. The number of pyridine rings is 2. The Hall–Kier alpha value is -2.78. The molecule has 9 heteroatoms. The molecule has 170 valence electrons. The van der Waals surface area contributed by atoms with Crippen molar-refractivity contribution in [2.75, 3.05) is 26.8 Å². The van der Waals surface area contributed by atoms with Crippen LogP contribution in [0.25, 0.3) is 21.3 Å². The van der Waals surface area contributed by atoms with E-state index in [2.05, 4.69) is 32.0 Å². The van der Waals surface area contributed by atoms with Gasteiger partial charge in [0.25, 0.3) is 0 Å². The van der Waals surface area contributed by atoms with Crippen LogP contribution in [0.2, 0.25) is 4.34 Å². The van der Waals surface area contributed by atoms with E-state index in [-0.39, 0.29) is 11.9 Å². The summed E-state index contributed by atoms with van der Waals surface area (Å²) in [5.41, 5.74) is 3.99. The highest BCUT2D eigenvalue weighted by Gasteiger charge is 2.33. The van der Waals surface area contributed by atoms with Crippen molar-refractivity contribution in [3.05, 3.63) is 70.7 Å². The van der Waals surface area contributed by atoms with Gasteiger partial charge in [-0.25, -0.2) is 0 Å². The van der Waals surface area contributed by atoms with E-state index < -0.39 is 0 Å². The van der Waals surface area contributed by atoms with Crippen LogP contribution in [0.15, 0.2) is 55.0 Å². The van der Waals surface area contributed by atoms with Crippen LogP contribution in [-0.2, 0) is 22.6 Å². The third-order valence-electron chi connectivity index (χ3n) is 5.83. The van der Waals surface area contributed by atoms with Crippen molar-refractivity contribution >= 4 is 39.7 Å². The molecule has 0 radical (unpaired) electrons. The van der Waals surface area contributed by atoms with Gasteiger partial charge in [0.15, 0.2) is 0 Å². The van der Waals surface area contributed by atoms with Crippen molar-refractivity contribution in [1.29, 1.82) is 0 Å². The molecule has 1 amide bonds. The summed E-state index contributed by atoms with van der Waals surface area (Å²) in [5, 5.41) is 1.04. The molecule has 4 aromatic rings. The molecular weight excluding hydrogens is 458 g/mol. The van der Waals surface area contributed by atoms with Gasteiger partial charge >= 0.3 is 0 Å². The summed E-state index contributed by atoms with van der Waals surface area (Å²) in [6.07, 6.45) is 5.45. The summed E-state index contributed by atoms with van der Waals surface area (Å²) in [4.78, 5) is 30.4. The second-order valence-corrected chi connectivity index (χ2v) is 9.91. The third kappa shape index (κ3) is 4.94. The van der Waals surface area contributed by atoms with Crippen LogP contribution in [0.1, 0.15) is 11.4 Å². The maximum Gasteiger partial charge on any atom is 0.237 e. The van der Waals surface area contributed by atoms with E-state index in [4.69, 9.17) is 16.3 Å². The number of amides is 1. The van der Waals surface area contributed by atoms with Gasteiger partial charge in [0.2, 0.25) is 5.91 Å². The largest absolute Gasteiger partial charge is 0.382 e. The van der Waals surface area contributed by atoms with Crippen LogP contribution in [0, 0.1) is 0 Å². The summed E-state index contributed by atoms with van der Waals surface area (Å²) in [6, 6.07) is 11.9. The number of carbonyl (C=O) groups is 1. The minimum Gasteiger partial charge on any atom is -0.382 e. The number of aromatic amines is 1. The molecule has 5 heterocycles. The third-order valence-corrected chi connectivity index (χ3v) is 7.11. The average Bonchev–Trinajstić information content (AvgIpc) is 3.42. The lowest BCUT2D eigenvalue weighted by Crippen LogP contribution is -2.57. The van der Waals surface area contributed by atoms with Crippen LogP contribution in [0.4, 0.5) is 0 Å². The predicted octanol–water partition coefficient (Wildman–Crippen LogP) is 4.20. The number of methoxy groups -OCH3 is 1. The zero-order valence-electron chi connectivity index (χ0n) is 18.2. The van der Waals surface area contributed by atoms with E-state index in [0.717, 1.165) is 43.6 Å². The van der Waals surface area contributed by atoms with Crippen molar-refractivity contribution in [2.45, 2.75) is 19.1 Å². The summed E-state index contributed by atoms with van der Waals surface area (Å²) >= 11 is 7.58. The minimum atomic E-state index is -0.0340. The van der Waals surface area contributed by atoms with Gasteiger partial charge in [-0.05, 0) is 30.3 Å². The summed E-state index contributed by atoms with van der Waals surface area (Å²) in [7, 11) is 1.67. The number of carbonyl (C=O) groups excluding carboxylic acids is 1. The van der Waals surface area contributed by atoms with Crippen LogP contribution in [0.3, 0.4) is 0 Å². The molecule has 0 aromatic carbocycles. The lowest BCUT2D eigenvalue weighted by Gasteiger charge is -2.40. The monoisotopic (exact) mass is 481 g/mol. The van der Waals surface area contributed by atoms with Gasteiger partial charge < -0.3 is 14.6 Å². The minimum absolute atomic E-state index is 0.0340. The standard InChI is InChI=1S/C24H24ClN5O2S/c1-32-15-20-13-29(11-18-3-2-16(10-27-18)22-4-5-23(25)33-22)14-24(31)30(20)12-19-8-17-9-26-7-6-21(17)28-19/h2-10,20,28H,11-15H2,1H3. The SMILES string of the molecule is COCC1CN(Cc2ccc(-c3ccc(Cl)s3)cn2)CC(=O)N1Cc1cc2cnccc2[nH]1. The molecule has 0 spiro atoms. The topological polar surface area (TPSA) is 74.3 Å². The highest BCUT2D eigenvalue weighted by atomic mass is 35.5. The fourth-order valence-corrected chi connectivity index (χ4v) is 5.32. The van der Waals surface area contributed by atoms with Gasteiger partial charge in [-0.3, -0.25) is 19.7 Å². The number of ether oxygens (including phenoxy) is 1. The highest BCUT2D eigenvalue weighted by Crippen LogP contribution is 2.30. The number of halogens is 1. The first-order chi connectivity index (χ1) is 16.1. The Kier molecular flexibility index (Phi) is 6.41. The number of aromatic nitrogens is 3. The Morgan fingerprint density at radius 1 is 1.21 bits per heavy atom. The smallest absolute Gasteiger partial charge is 0.237 e. The Bertz CT molecular complexity index is 1220. The van der Waals surface area contributed by atoms with Gasteiger partial charge in [-0.15, -0.1) is 11.3 Å². The number of piperazine rings is 1. The van der Waals surface area contributed by atoms with Gasteiger partial charge in [0, 0.05) is 65.8 Å². The Morgan fingerprint density at radius 3 is 2.85 bits per heavy atom. The van der Waals surface area contributed by atoms with Crippen molar-refractivity contribution in [3.63, 3.8) is 0 Å². The van der Waals surface area contributed by atoms with Gasteiger partial charge in [0.1, 0.15) is 0 Å². The molecule has 0 aliphatic carbocycles. The van der Waals surface area contributed by atoms with Crippen molar-refractivity contribution < 1.29 is 9.53 Å². The molecular formula is C24H24ClN5O2S. The number of fused-ring (bicyclic) bond motifs is 1. The maximum absolute atomic E-state index is 13.1. The zero-order valence-corrected chi connectivity index (χ0v) is 19.8. The molecule has 33 heavy (non-hydrogen) atoms. The van der Waals surface area contributed by atoms with E-state index >= 15 is 0 Å². The number of rotatable bonds is 7. The normalized spacial score (nSPS) is 17.2.